The lowest BCUT2D eigenvalue weighted by Crippen LogP contribution is -2.22. The molecule has 1 atom stereocenters. The van der Waals surface area contributed by atoms with E-state index in [0.717, 1.165) is 47.0 Å². The molecule has 1 aliphatic rings. The molecule has 1 aromatic carbocycles. The quantitative estimate of drug-likeness (QED) is 0.740. The smallest absolute Gasteiger partial charge is 0.225 e. The number of nitrogens with zero attached hydrogens (tertiary/aromatic N) is 1. The number of carbonyl (C=O) groups excluding carboxylic acids is 1. The van der Waals surface area contributed by atoms with Gasteiger partial charge >= 0.3 is 0 Å². The Morgan fingerprint density at radius 1 is 1.46 bits per heavy atom. The van der Waals surface area contributed by atoms with Gasteiger partial charge in [0.1, 0.15) is 22.6 Å². The van der Waals surface area contributed by atoms with Crippen LogP contribution in [0, 0.1) is 11.3 Å². The van der Waals surface area contributed by atoms with E-state index in [0.29, 0.717) is 23.6 Å². The van der Waals surface area contributed by atoms with Gasteiger partial charge in [0.05, 0.1) is 19.3 Å². The number of methoxy groups -OCH3 is 1. The summed E-state index contributed by atoms with van der Waals surface area (Å²) in [6.45, 7) is 6.09. The summed E-state index contributed by atoms with van der Waals surface area (Å²) in [6, 6.07) is 7.91. The lowest BCUT2D eigenvalue weighted by atomic mass is 9.96. The van der Waals surface area contributed by atoms with E-state index in [1.165, 1.54) is 11.3 Å². The SMILES string of the molecule is CCOc1ccc(OC)cc1C(C)CC(=O)Nc1sc2c(c1C#N)CCNC2. The van der Waals surface area contributed by atoms with Crippen molar-refractivity contribution in [2.24, 2.45) is 0 Å². The number of hydrogen-bond acceptors (Lipinski definition) is 6. The van der Waals surface area contributed by atoms with Crippen LogP contribution in [0.15, 0.2) is 18.2 Å². The summed E-state index contributed by atoms with van der Waals surface area (Å²) < 4.78 is 11.0. The van der Waals surface area contributed by atoms with Crippen LogP contribution in [0.1, 0.15) is 47.8 Å². The van der Waals surface area contributed by atoms with Crippen LogP contribution in [0.25, 0.3) is 0 Å². The second-order valence-electron chi connectivity index (χ2n) is 6.74. The van der Waals surface area contributed by atoms with Crippen LogP contribution in [0.3, 0.4) is 0 Å². The van der Waals surface area contributed by atoms with Crippen LogP contribution >= 0.6 is 11.3 Å². The molecule has 7 heteroatoms. The summed E-state index contributed by atoms with van der Waals surface area (Å²) >= 11 is 1.49. The number of carbonyl (C=O) groups is 1. The fourth-order valence-corrected chi connectivity index (χ4v) is 4.62. The van der Waals surface area contributed by atoms with E-state index < -0.39 is 0 Å². The first-order valence-corrected chi connectivity index (χ1v) is 10.2. The Morgan fingerprint density at radius 3 is 3.00 bits per heavy atom. The zero-order valence-corrected chi connectivity index (χ0v) is 17.2. The number of anilines is 1. The third-order valence-corrected chi connectivity index (χ3v) is 5.98. The maximum atomic E-state index is 12.7. The minimum absolute atomic E-state index is 0.0570. The Labute approximate surface area is 169 Å². The number of fused-ring (bicyclic) bond motifs is 1. The molecule has 0 spiro atoms. The predicted octanol–water partition coefficient (Wildman–Crippen LogP) is 3.81. The highest BCUT2D eigenvalue weighted by molar-refractivity contribution is 7.16. The molecule has 0 fully saturated rings. The Morgan fingerprint density at radius 2 is 2.29 bits per heavy atom. The molecule has 0 bridgehead atoms. The molecule has 2 aromatic rings. The van der Waals surface area contributed by atoms with E-state index in [1.807, 2.05) is 32.0 Å². The summed E-state index contributed by atoms with van der Waals surface area (Å²) in [5, 5.41) is 16.5. The average Bonchev–Trinajstić information content (AvgIpc) is 3.05. The van der Waals surface area contributed by atoms with E-state index in [4.69, 9.17) is 9.47 Å². The van der Waals surface area contributed by atoms with Crippen molar-refractivity contribution in [3.8, 4) is 17.6 Å². The molecule has 3 rings (SSSR count). The first kappa shape index (κ1) is 20.2. The second kappa shape index (κ2) is 9.09. The van der Waals surface area contributed by atoms with Gasteiger partial charge in [0.15, 0.2) is 0 Å². The number of nitrogens with one attached hydrogen (secondary N) is 2. The van der Waals surface area contributed by atoms with E-state index in [1.54, 1.807) is 7.11 Å². The summed E-state index contributed by atoms with van der Waals surface area (Å²) in [5.74, 6) is 1.33. The topological polar surface area (TPSA) is 83.4 Å². The van der Waals surface area contributed by atoms with Crippen LogP contribution in [0.2, 0.25) is 0 Å². The highest BCUT2D eigenvalue weighted by Crippen LogP contribution is 2.36. The maximum absolute atomic E-state index is 12.7. The molecule has 0 saturated heterocycles. The van der Waals surface area contributed by atoms with E-state index in [2.05, 4.69) is 16.7 Å². The number of rotatable bonds is 7. The van der Waals surface area contributed by atoms with Crippen LogP contribution in [0.4, 0.5) is 5.00 Å². The molecule has 0 radical (unpaired) electrons. The first-order valence-electron chi connectivity index (χ1n) is 9.43. The maximum Gasteiger partial charge on any atom is 0.225 e. The highest BCUT2D eigenvalue weighted by atomic mass is 32.1. The Hall–Kier alpha value is -2.56. The van der Waals surface area contributed by atoms with E-state index in [-0.39, 0.29) is 11.8 Å². The van der Waals surface area contributed by atoms with Gasteiger partial charge in [-0.3, -0.25) is 4.79 Å². The van der Waals surface area contributed by atoms with Crippen LogP contribution in [-0.4, -0.2) is 26.2 Å². The van der Waals surface area contributed by atoms with Crippen molar-refractivity contribution < 1.29 is 14.3 Å². The van der Waals surface area contributed by atoms with Crippen molar-refractivity contribution in [3.05, 3.63) is 39.8 Å². The van der Waals surface area contributed by atoms with Crippen molar-refractivity contribution >= 4 is 22.2 Å². The molecule has 1 aliphatic heterocycles. The molecule has 1 amide bonds. The van der Waals surface area contributed by atoms with Crippen molar-refractivity contribution in [2.45, 2.75) is 39.2 Å². The predicted molar refractivity (Wildman–Crippen MR) is 110 cm³/mol. The van der Waals surface area contributed by atoms with Gasteiger partial charge < -0.3 is 20.1 Å². The third-order valence-electron chi connectivity index (χ3n) is 4.83. The highest BCUT2D eigenvalue weighted by Gasteiger charge is 2.23. The number of amides is 1. The molecule has 1 unspecified atom stereocenters. The molecule has 0 aliphatic carbocycles. The lowest BCUT2D eigenvalue weighted by Gasteiger charge is -2.17. The summed E-state index contributed by atoms with van der Waals surface area (Å²) in [6.07, 6.45) is 1.11. The molecule has 1 aromatic heterocycles. The number of thiophene rings is 1. The Kier molecular flexibility index (Phi) is 6.55. The second-order valence-corrected chi connectivity index (χ2v) is 7.84. The van der Waals surface area contributed by atoms with Crippen molar-refractivity contribution in [2.75, 3.05) is 25.6 Å². The van der Waals surface area contributed by atoms with Crippen LogP contribution in [0.5, 0.6) is 11.5 Å². The van der Waals surface area contributed by atoms with Crippen LogP contribution in [-0.2, 0) is 17.8 Å². The fourth-order valence-electron chi connectivity index (χ4n) is 3.43. The largest absolute Gasteiger partial charge is 0.497 e. The van der Waals surface area contributed by atoms with Gasteiger partial charge in [0.25, 0.3) is 0 Å². The monoisotopic (exact) mass is 399 g/mol. The molecule has 28 heavy (non-hydrogen) atoms. The lowest BCUT2D eigenvalue weighted by molar-refractivity contribution is -0.116. The van der Waals surface area contributed by atoms with Crippen molar-refractivity contribution in [1.82, 2.24) is 5.32 Å². The third kappa shape index (κ3) is 4.29. The summed E-state index contributed by atoms with van der Waals surface area (Å²) in [5.41, 5.74) is 2.62. The minimum Gasteiger partial charge on any atom is -0.497 e. The van der Waals surface area contributed by atoms with Gasteiger partial charge in [-0.25, -0.2) is 0 Å². The van der Waals surface area contributed by atoms with E-state index in [9.17, 15) is 10.1 Å². The van der Waals surface area contributed by atoms with Gasteiger partial charge in [-0.05, 0) is 49.6 Å². The van der Waals surface area contributed by atoms with E-state index >= 15 is 0 Å². The number of hydrogen-bond donors (Lipinski definition) is 2. The normalized spacial score (nSPS) is 13.9. The molecule has 2 heterocycles. The fraction of sp³-hybridized carbons (Fsp3) is 0.429. The number of benzene rings is 1. The van der Waals surface area contributed by atoms with Gasteiger partial charge in [-0.1, -0.05) is 6.92 Å². The van der Waals surface area contributed by atoms with Gasteiger partial charge in [-0.2, -0.15) is 5.26 Å². The Bertz CT molecular complexity index is 901. The summed E-state index contributed by atoms with van der Waals surface area (Å²) in [7, 11) is 1.62. The first-order chi connectivity index (χ1) is 13.6. The zero-order valence-electron chi connectivity index (χ0n) is 16.4. The molecule has 6 nitrogen and oxygen atoms in total. The van der Waals surface area contributed by atoms with Crippen molar-refractivity contribution in [3.63, 3.8) is 0 Å². The molecular formula is C21H25N3O3S. The van der Waals surface area contributed by atoms with Gasteiger partial charge in [0.2, 0.25) is 5.91 Å². The van der Waals surface area contributed by atoms with Gasteiger partial charge in [0, 0.05) is 23.4 Å². The standard InChI is InChI=1S/C21H25N3O3S/c1-4-27-18-6-5-14(26-3)10-16(18)13(2)9-20(25)24-21-17(11-22)15-7-8-23-12-19(15)28-21/h5-6,10,13,23H,4,7-9,12H2,1-3H3,(H,24,25). The number of ether oxygens (including phenoxy) is 2. The average molecular weight is 400 g/mol. The zero-order chi connectivity index (χ0) is 20.1. The van der Waals surface area contributed by atoms with Crippen LogP contribution < -0.4 is 20.1 Å². The number of nitriles is 1. The molecule has 148 valence electrons. The van der Waals surface area contributed by atoms with Crippen molar-refractivity contribution in [1.29, 1.82) is 5.26 Å². The molecule has 2 N–H and O–H groups in total. The Balaban J connectivity index is 1.75. The van der Waals surface area contributed by atoms with Gasteiger partial charge in [-0.15, -0.1) is 11.3 Å². The summed E-state index contributed by atoms with van der Waals surface area (Å²) in [4.78, 5) is 13.8. The molecular weight excluding hydrogens is 374 g/mol. The molecule has 0 saturated carbocycles. The minimum atomic E-state index is -0.110.